The molecule has 4 nitrogen and oxygen atoms in total. The molecule has 1 aromatic carbocycles. The maximum atomic E-state index is 12.5. The van der Waals surface area contributed by atoms with E-state index in [1.807, 2.05) is 36.1 Å². The van der Waals surface area contributed by atoms with E-state index in [4.69, 9.17) is 9.47 Å². The Bertz CT molecular complexity index is 491. The fraction of sp³-hybridized carbons (Fsp3) is 0.588. The summed E-state index contributed by atoms with van der Waals surface area (Å²) in [4.78, 5) is 14.4. The van der Waals surface area contributed by atoms with E-state index in [9.17, 15) is 4.79 Å². The Morgan fingerprint density at radius 3 is 2.67 bits per heavy atom. The Morgan fingerprint density at radius 2 is 1.95 bits per heavy atom. The van der Waals surface area contributed by atoms with E-state index in [0.717, 1.165) is 31.4 Å². The third-order valence-corrected chi connectivity index (χ3v) is 4.50. The lowest BCUT2D eigenvalue weighted by atomic mass is 9.90. The number of aryl methyl sites for hydroxylation is 1. The van der Waals surface area contributed by atoms with E-state index < -0.39 is 0 Å². The quantitative estimate of drug-likeness (QED) is 0.859. The summed E-state index contributed by atoms with van der Waals surface area (Å²) in [6.45, 7) is 3.46. The second-order valence-corrected chi connectivity index (χ2v) is 6.00. The van der Waals surface area contributed by atoms with E-state index in [2.05, 4.69) is 0 Å². The van der Waals surface area contributed by atoms with Gasteiger partial charge >= 0.3 is 0 Å². The van der Waals surface area contributed by atoms with Crippen molar-refractivity contribution in [3.8, 4) is 5.75 Å². The molecule has 3 rings (SSSR count). The highest BCUT2D eigenvalue weighted by Crippen LogP contribution is 2.37. The summed E-state index contributed by atoms with van der Waals surface area (Å²) in [6.07, 6.45) is 5.45. The van der Waals surface area contributed by atoms with Gasteiger partial charge < -0.3 is 14.4 Å². The van der Waals surface area contributed by atoms with E-state index in [-0.39, 0.29) is 18.2 Å². The average Bonchev–Trinajstić information content (AvgIpc) is 2.90. The van der Waals surface area contributed by atoms with E-state index in [1.54, 1.807) is 0 Å². The Hall–Kier alpha value is -1.55. The van der Waals surface area contributed by atoms with Crippen molar-refractivity contribution in [2.45, 2.75) is 44.8 Å². The number of hydrogen-bond donors (Lipinski definition) is 0. The smallest absolute Gasteiger partial charge is 0.262 e. The fourth-order valence-corrected chi connectivity index (χ4v) is 3.34. The summed E-state index contributed by atoms with van der Waals surface area (Å²) in [6, 6.07) is 7.78. The Kier molecular flexibility index (Phi) is 4.15. The summed E-state index contributed by atoms with van der Waals surface area (Å²) < 4.78 is 11.6. The minimum atomic E-state index is -0.341. The van der Waals surface area contributed by atoms with E-state index in [1.165, 1.54) is 12.0 Å². The number of ether oxygens (including phenoxy) is 2. The van der Waals surface area contributed by atoms with Crippen LogP contribution < -0.4 is 4.74 Å². The zero-order valence-corrected chi connectivity index (χ0v) is 12.6. The first-order valence-electron chi connectivity index (χ1n) is 7.84. The van der Waals surface area contributed by atoms with Gasteiger partial charge in [-0.1, -0.05) is 24.1 Å². The first-order chi connectivity index (χ1) is 10.2. The molecule has 4 heteroatoms. The zero-order chi connectivity index (χ0) is 14.7. The van der Waals surface area contributed by atoms with Crippen molar-refractivity contribution in [1.29, 1.82) is 0 Å². The molecule has 0 atom stereocenters. The van der Waals surface area contributed by atoms with Crippen LogP contribution in [-0.2, 0) is 9.53 Å². The van der Waals surface area contributed by atoms with Gasteiger partial charge in [0.05, 0.1) is 6.61 Å². The molecule has 0 N–H and O–H groups in total. The van der Waals surface area contributed by atoms with Crippen molar-refractivity contribution in [2.24, 2.45) is 0 Å². The molecule has 1 amide bonds. The van der Waals surface area contributed by atoms with Crippen LogP contribution in [-0.4, -0.2) is 36.3 Å². The molecule has 1 heterocycles. The lowest BCUT2D eigenvalue weighted by Gasteiger charge is -2.39. The second kappa shape index (κ2) is 6.06. The van der Waals surface area contributed by atoms with Gasteiger partial charge in [0.15, 0.2) is 6.61 Å². The standard InChI is InChI=1S/C17H23NO3/c1-14-5-7-15(8-6-14)20-13-16(19)18-11-12-21-17(18)9-3-2-4-10-17/h5-8H,2-4,9-13H2,1H3. The Morgan fingerprint density at radius 1 is 1.24 bits per heavy atom. The van der Waals surface area contributed by atoms with Gasteiger partial charge in [0, 0.05) is 6.54 Å². The normalized spacial score (nSPS) is 20.7. The molecule has 2 fully saturated rings. The molecule has 0 aromatic heterocycles. The van der Waals surface area contributed by atoms with E-state index in [0.29, 0.717) is 13.2 Å². The highest BCUT2D eigenvalue weighted by molar-refractivity contribution is 5.78. The van der Waals surface area contributed by atoms with Crippen molar-refractivity contribution >= 4 is 5.91 Å². The van der Waals surface area contributed by atoms with Gasteiger partial charge in [-0.15, -0.1) is 0 Å². The largest absolute Gasteiger partial charge is 0.484 e. The fourth-order valence-electron chi connectivity index (χ4n) is 3.34. The third-order valence-electron chi connectivity index (χ3n) is 4.50. The van der Waals surface area contributed by atoms with Crippen molar-refractivity contribution in [1.82, 2.24) is 4.90 Å². The second-order valence-electron chi connectivity index (χ2n) is 6.00. The molecule has 1 saturated heterocycles. The molecule has 1 spiro atoms. The van der Waals surface area contributed by atoms with Gasteiger partial charge in [0.2, 0.25) is 0 Å². The van der Waals surface area contributed by atoms with Crippen LogP contribution in [0.1, 0.15) is 37.7 Å². The highest BCUT2D eigenvalue weighted by Gasteiger charge is 2.45. The van der Waals surface area contributed by atoms with Gasteiger partial charge in [-0.3, -0.25) is 4.79 Å². The summed E-state index contributed by atoms with van der Waals surface area (Å²) in [5, 5.41) is 0. The number of carbonyl (C=O) groups excluding carboxylic acids is 1. The predicted octanol–water partition coefficient (Wildman–Crippen LogP) is 2.89. The first kappa shape index (κ1) is 14.4. The number of nitrogens with zero attached hydrogens (tertiary/aromatic N) is 1. The number of benzene rings is 1. The Labute approximate surface area is 126 Å². The van der Waals surface area contributed by atoms with Crippen molar-refractivity contribution < 1.29 is 14.3 Å². The maximum absolute atomic E-state index is 12.5. The minimum absolute atomic E-state index is 0.0370. The molecule has 0 bridgehead atoms. The van der Waals surface area contributed by atoms with Crippen molar-refractivity contribution in [3.05, 3.63) is 29.8 Å². The SMILES string of the molecule is Cc1ccc(OCC(=O)N2CCOC23CCCCC3)cc1. The number of rotatable bonds is 3. The van der Waals surface area contributed by atoms with Crippen molar-refractivity contribution in [3.63, 3.8) is 0 Å². The summed E-state index contributed by atoms with van der Waals surface area (Å²) in [5.41, 5.74) is 0.842. The van der Waals surface area contributed by atoms with Gasteiger partial charge in [0.25, 0.3) is 5.91 Å². The van der Waals surface area contributed by atoms with Crippen LogP contribution in [0.15, 0.2) is 24.3 Å². The number of hydrogen-bond acceptors (Lipinski definition) is 3. The summed E-state index contributed by atoms with van der Waals surface area (Å²) in [7, 11) is 0. The van der Waals surface area contributed by atoms with Gasteiger partial charge in [-0.05, 0) is 44.7 Å². The molecule has 1 aliphatic carbocycles. The zero-order valence-electron chi connectivity index (χ0n) is 12.6. The lowest BCUT2D eigenvalue weighted by Crippen LogP contribution is -2.50. The third kappa shape index (κ3) is 3.05. The van der Waals surface area contributed by atoms with Crippen LogP contribution in [0.3, 0.4) is 0 Å². The lowest BCUT2D eigenvalue weighted by molar-refractivity contribution is -0.157. The molecule has 2 aliphatic rings. The molecule has 114 valence electrons. The average molecular weight is 289 g/mol. The predicted molar refractivity (Wildman–Crippen MR) is 80.2 cm³/mol. The summed E-state index contributed by atoms with van der Waals surface area (Å²) >= 11 is 0. The molecule has 1 aromatic rings. The molecular weight excluding hydrogens is 266 g/mol. The van der Waals surface area contributed by atoms with Crippen LogP contribution >= 0.6 is 0 Å². The van der Waals surface area contributed by atoms with E-state index >= 15 is 0 Å². The van der Waals surface area contributed by atoms with Crippen LogP contribution in [0.5, 0.6) is 5.75 Å². The van der Waals surface area contributed by atoms with Gasteiger partial charge in [-0.2, -0.15) is 0 Å². The first-order valence-corrected chi connectivity index (χ1v) is 7.84. The van der Waals surface area contributed by atoms with Crippen LogP contribution in [0, 0.1) is 6.92 Å². The highest BCUT2D eigenvalue weighted by atomic mass is 16.5. The minimum Gasteiger partial charge on any atom is -0.484 e. The molecule has 1 aliphatic heterocycles. The Balaban J connectivity index is 1.60. The topological polar surface area (TPSA) is 38.8 Å². The van der Waals surface area contributed by atoms with Gasteiger partial charge in [0.1, 0.15) is 11.5 Å². The number of carbonyl (C=O) groups is 1. The van der Waals surface area contributed by atoms with Crippen LogP contribution in [0.4, 0.5) is 0 Å². The monoisotopic (exact) mass is 289 g/mol. The van der Waals surface area contributed by atoms with Gasteiger partial charge in [-0.25, -0.2) is 0 Å². The summed E-state index contributed by atoms with van der Waals surface area (Å²) in [5.74, 6) is 0.779. The molecule has 0 radical (unpaired) electrons. The van der Waals surface area contributed by atoms with Crippen LogP contribution in [0.25, 0.3) is 0 Å². The maximum Gasteiger partial charge on any atom is 0.262 e. The van der Waals surface area contributed by atoms with Crippen molar-refractivity contribution in [2.75, 3.05) is 19.8 Å². The van der Waals surface area contributed by atoms with Crippen LogP contribution in [0.2, 0.25) is 0 Å². The number of amides is 1. The molecule has 21 heavy (non-hydrogen) atoms. The molecule has 0 unspecified atom stereocenters. The molecule has 1 saturated carbocycles. The molecular formula is C17H23NO3.